The number of phenols is 1. The van der Waals surface area contributed by atoms with Gasteiger partial charge in [0.05, 0.1) is 21.8 Å². The number of phenolic OH excluding ortho intramolecular Hbond substituents is 1. The average molecular weight is 306 g/mol. The number of carbonyl (C=O) groups is 2. The summed E-state index contributed by atoms with van der Waals surface area (Å²) in [5.41, 5.74) is 1.08. The normalized spacial score (nSPS) is 10.2. The summed E-state index contributed by atoms with van der Waals surface area (Å²) in [5, 5.41) is 21.4. The second-order valence-corrected chi connectivity index (χ2v) is 4.81. The Kier molecular flexibility index (Phi) is 4.14. The summed E-state index contributed by atoms with van der Waals surface area (Å²) in [6.07, 6.45) is 0. The van der Waals surface area contributed by atoms with Crippen LogP contribution in [0.2, 0.25) is 5.02 Å². The highest BCUT2D eigenvalue weighted by Crippen LogP contribution is 2.26. The van der Waals surface area contributed by atoms with Crippen molar-refractivity contribution in [2.45, 2.75) is 6.92 Å². The van der Waals surface area contributed by atoms with Gasteiger partial charge in [0.15, 0.2) is 0 Å². The van der Waals surface area contributed by atoms with Crippen LogP contribution in [0.15, 0.2) is 36.4 Å². The van der Waals surface area contributed by atoms with E-state index in [0.717, 1.165) is 11.6 Å². The predicted octanol–water partition coefficient (Wildman–Crippen LogP) is 3.30. The van der Waals surface area contributed by atoms with E-state index in [2.05, 4.69) is 5.32 Å². The third kappa shape index (κ3) is 3.14. The fourth-order valence-electron chi connectivity index (χ4n) is 1.78. The first-order valence-electron chi connectivity index (χ1n) is 6.03. The van der Waals surface area contributed by atoms with Crippen LogP contribution in [-0.4, -0.2) is 22.1 Å². The Balaban J connectivity index is 2.28. The van der Waals surface area contributed by atoms with Crippen LogP contribution in [0.5, 0.6) is 5.75 Å². The van der Waals surface area contributed by atoms with Gasteiger partial charge >= 0.3 is 5.97 Å². The maximum atomic E-state index is 12.1. The number of halogens is 1. The monoisotopic (exact) mass is 305 g/mol. The van der Waals surface area contributed by atoms with Gasteiger partial charge in [0.25, 0.3) is 5.91 Å². The van der Waals surface area contributed by atoms with E-state index in [1.807, 2.05) is 0 Å². The molecule has 0 saturated heterocycles. The number of rotatable bonds is 3. The van der Waals surface area contributed by atoms with Gasteiger partial charge in [0, 0.05) is 0 Å². The molecule has 0 heterocycles. The lowest BCUT2D eigenvalue weighted by atomic mass is 10.1. The maximum absolute atomic E-state index is 12.1. The van der Waals surface area contributed by atoms with E-state index in [1.54, 1.807) is 25.1 Å². The number of benzene rings is 2. The number of hydrogen-bond donors (Lipinski definition) is 3. The minimum atomic E-state index is -1.16. The summed E-state index contributed by atoms with van der Waals surface area (Å²) in [6, 6.07) is 8.71. The zero-order valence-corrected chi connectivity index (χ0v) is 11.8. The van der Waals surface area contributed by atoms with E-state index in [-0.39, 0.29) is 22.6 Å². The van der Waals surface area contributed by atoms with Gasteiger partial charge in [-0.3, -0.25) is 4.79 Å². The fourth-order valence-corrected chi connectivity index (χ4v) is 1.99. The summed E-state index contributed by atoms with van der Waals surface area (Å²) < 4.78 is 0. The lowest BCUT2D eigenvalue weighted by Crippen LogP contribution is -2.13. The van der Waals surface area contributed by atoms with E-state index < -0.39 is 11.9 Å². The van der Waals surface area contributed by atoms with Crippen molar-refractivity contribution in [1.29, 1.82) is 0 Å². The fraction of sp³-hybridized carbons (Fsp3) is 0.0667. The number of carbonyl (C=O) groups excluding carboxylic acids is 1. The molecule has 21 heavy (non-hydrogen) atoms. The topological polar surface area (TPSA) is 86.6 Å². The third-order valence-corrected chi connectivity index (χ3v) is 3.43. The highest BCUT2D eigenvalue weighted by atomic mass is 35.5. The molecule has 0 fully saturated rings. The first-order chi connectivity index (χ1) is 9.90. The highest BCUT2D eigenvalue weighted by molar-refractivity contribution is 6.35. The molecule has 0 spiro atoms. The molecule has 3 N–H and O–H groups in total. The standard InChI is InChI=1S/C15H12ClNO4/c1-8-3-2-4-10(13(8)16)14(19)17-11-6-5-9(15(20)21)7-12(11)18/h2-7,18H,1H3,(H,17,19)(H,20,21). The summed E-state index contributed by atoms with van der Waals surface area (Å²) in [4.78, 5) is 22.9. The second-order valence-electron chi connectivity index (χ2n) is 4.43. The first kappa shape index (κ1) is 14.9. The number of carboxylic acid groups (broad SMARTS) is 1. The SMILES string of the molecule is Cc1cccc(C(=O)Nc2ccc(C(=O)O)cc2O)c1Cl. The van der Waals surface area contributed by atoms with Crippen LogP contribution in [0.3, 0.4) is 0 Å². The Morgan fingerprint density at radius 3 is 2.52 bits per heavy atom. The van der Waals surface area contributed by atoms with E-state index in [9.17, 15) is 14.7 Å². The number of aromatic hydroxyl groups is 1. The Bertz CT molecular complexity index is 728. The molecule has 0 saturated carbocycles. The average Bonchev–Trinajstić information content (AvgIpc) is 2.43. The van der Waals surface area contributed by atoms with Gasteiger partial charge in [-0.05, 0) is 36.8 Å². The van der Waals surface area contributed by atoms with Gasteiger partial charge in [-0.15, -0.1) is 0 Å². The lowest BCUT2D eigenvalue weighted by molar-refractivity contribution is 0.0696. The van der Waals surface area contributed by atoms with Crippen molar-refractivity contribution in [3.63, 3.8) is 0 Å². The molecule has 0 aliphatic heterocycles. The molecule has 0 unspecified atom stereocenters. The Hall–Kier alpha value is -2.53. The van der Waals surface area contributed by atoms with E-state index in [0.29, 0.717) is 5.02 Å². The molecule has 2 rings (SSSR count). The molecule has 0 atom stereocenters. The van der Waals surface area contributed by atoms with Gasteiger partial charge < -0.3 is 15.5 Å². The molecule has 0 bridgehead atoms. The van der Waals surface area contributed by atoms with Gasteiger partial charge in [-0.25, -0.2) is 4.79 Å². The molecule has 1 amide bonds. The number of anilines is 1. The molecule has 6 heteroatoms. The quantitative estimate of drug-likeness (QED) is 0.759. The van der Waals surface area contributed by atoms with E-state index >= 15 is 0 Å². The zero-order valence-electron chi connectivity index (χ0n) is 11.1. The maximum Gasteiger partial charge on any atom is 0.335 e. The molecular formula is C15H12ClNO4. The molecule has 108 valence electrons. The minimum Gasteiger partial charge on any atom is -0.506 e. The molecule has 0 radical (unpaired) electrons. The van der Waals surface area contributed by atoms with Crippen molar-refractivity contribution in [3.8, 4) is 5.75 Å². The highest BCUT2D eigenvalue weighted by Gasteiger charge is 2.14. The summed E-state index contributed by atoms with van der Waals surface area (Å²) in [5.74, 6) is -1.97. The van der Waals surface area contributed by atoms with Gasteiger partial charge in [0.1, 0.15) is 5.75 Å². The lowest BCUT2D eigenvalue weighted by Gasteiger charge is -2.10. The van der Waals surface area contributed by atoms with Crippen LogP contribution >= 0.6 is 11.6 Å². The van der Waals surface area contributed by atoms with Crippen LogP contribution in [0, 0.1) is 6.92 Å². The minimum absolute atomic E-state index is 0.0703. The van der Waals surface area contributed by atoms with Gasteiger partial charge in [0.2, 0.25) is 0 Å². The molecule has 0 aromatic heterocycles. The molecule has 0 aliphatic carbocycles. The molecule has 5 nitrogen and oxygen atoms in total. The first-order valence-corrected chi connectivity index (χ1v) is 6.40. The zero-order chi connectivity index (χ0) is 15.6. The van der Waals surface area contributed by atoms with E-state index in [1.165, 1.54) is 12.1 Å². The second kappa shape index (κ2) is 5.85. The van der Waals surface area contributed by atoms with Gasteiger partial charge in [-0.1, -0.05) is 23.7 Å². The predicted molar refractivity (Wildman–Crippen MR) is 79.2 cm³/mol. The molecule has 2 aromatic carbocycles. The summed E-state index contributed by atoms with van der Waals surface area (Å²) >= 11 is 6.06. The number of hydrogen-bond acceptors (Lipinski definition) is 3. The number of aromatic carboxylic acids is 1. The smallest absolute Gasteiger partial charge is 0.335 e. The van der Waals surface area contributed by atoms with Crippen molar-refractivity contribution in [2.75, 3.05) is 5.32 Å². The van der Waals surface area contributed by atoms with Crippen LogP contribution in [-0.2, 0) is 0 Å². The van der Waals surface area contributed by atoms with Crippen molar-refractivity contribution in [1.82, 2.24) is 0 Å². The summed E-state index contributed by atoms with van der Waals surface area (Å²) in [6.45, 7) is 1.78. The largest absolute Gasteiger partial charge is 0.506 e. The van der Waals surface area contributed by atoms with Gasteiger partial charge in [-0.2, -0.15) is 0 Å². The van der Waals surface area contributed by atoms with Crippen molar-refractivity contribution < 1.29 is 19.8 Å². The molecule has 2 aromatic rings. The number of carboxylic acids is 1. The Morgan fingerprint density at radius 2 is 1.90 bits per heavy atom. The molecular weight excluding hydrogens is 294 g/mol. The van der Waals surface area contributed by atoms with Crippen molar-refractivity contribution in [3.05, 3.63) is 58.1 Å². The number of amides is 1. The van der Waals surface area contributed by atoms with Crippen LogP contribution in [0.1, 0.15) is 26.3 Å². The van der Waals surface area contributed by atoms with Crippen LogP contribution < -0.4 is 5.32 Å². The number of aryl methyl sites for hydroxylation is 1. The van der Waals surface area contributed by atoms with Crippen LogP contribution in [0.25, 0.3) is 0 Å². The summed E-state index contributed by atoms with van der Waals surface area (Å²) in [7, 11) is 0. The Morgan fingerprint density at radius 1 is 1.19 bits per heavy atom. The van der Waals surface area contributed by atoms with Crippen molar-refractivity contribution >= 4 is 29.2 Å². The van der Waals surface area contributed by atoms with E-state index in [4.69, 9.17) is 16.7 Å². The third-order valence-electron chi connectivity index (χ3n) is 2.93. The Labute approximate surface area is 125 Å². The number of nitrogens with one attached hydrogen (secondary N) is 1. The van der Waals surface area contributed by atoms with Crippen LogP contribution in [0.4, 0.5) is 5.69 Å². The van der Waals surface area contributed by atoms with Crippen molar-refractivity contribution in [2.24, 2.45) is 0 Å². The molecule has 0 aliphatic rings.